The van der Waals surface area contributed by atoms with Crippen LogP contribution < -0.4 is 5.32 Å². The van der Waals surface area contributed by atoms with Gasteiger partial charge in [0.15, 0.2) is 0 Å². The van der Waals surface area contributed by atoms with Crippen molar-refractivity contribution in [1.29, 1.82) is 0 Å². The molecule has 11 heteroatoms. The van der Waals surface area contributed by atoms with Crippen molar-refractivity contribution in [3.8, 4) is 0 Å². The van der Waals surface area contributed by atoms with Crippen LogP contribution in [0.3, 0.4) is 0 Å². The molecule has 0 bridgehead atoms. The standard InChI is InChI=1S/C11H18F6NO3P/c1-4-6-7-21-22(3,20)9(10(12,13)14,11(15,16)17)18-8(19)5-2/h4-7H2,1-3H3,(H,18,19). The van der Waals surface area contributed by atoms with E-state index >= 15 is 0 Å². The van der Waals surface area contributed by atoms with E-state index in [-0.39, 0.29) is 13.1 Å². The molecule has 0 spiro atoms. The number of amides is 1. The van der Waals surface area contributed by atoms with Crippen molar-refractivity contribution >= 4 is 13.3 Å². The maximum atomic E-state index is 13.2. The zero-order valence-electron chi connectivity index (χ0n) is 12.3. The van der Waals surface area contributed by atoms with Crippen LogP contribution in [-0.2, 0) is 13.9 Å². The van der Waals surface area contributed by atoms with Crippen LogP contribution in [0.5, 0.6) is 0 Å². The number of hydrogen-bond donors (Lipinski definition) is 1. The molecule has 0 rings (SSSR count). The fraction of sp³-hybridized carbons (Fsp3) is 0.909. The normalized spacial score (nSPS) is 16.2. The van der Waals surface area contributed by atoms with E-state index in [2.05, 4.69) is 4.52 Å². The number of unbranched alkanes of at least 4 members (excludes halogenated alkanes) is 1. The van der Waals surface area contributed by atoms with Gasteiger partial charge >= 0.3 is 17.6 Å². The lowest BCUT2D eigenvalue weighted by Crippen LogP contribution is -2.67. The van der Waals surface area contributed by atoms with Crippen LogP contribution in [0.15, 0.2) is 0 Å². The van der Waals surface area contributed by atoms with Gasteiger partial charge in [0, 0.05) is 13.1 Å². The third-order valence-corrected chi connectivity index (χ3v) is 5.42. The van der Waals surface area contributed by atoms with E-state index in [9.17, 15) is 35.7 Å². The minimum atomic E-state index is -6.04. The highest BCUT2D eigenvalue weighted by molar-refractivity contribution is 7.60. The molecular formula is C11H18F6NO3P. The predicted molar refractivity (Wildman–Crippen MR) is 67.7 cm³/mol. The maximum absolute atomic E-state index is 13.2. The van der Waals surface area contributed by atoms with Crippen LogP contribution in [0.4, 0.5) is 26.3 Å². The minimum Gasteiger partial charge on any atom is -0.327 e. The van der Waals surface area contributed by atoms with Gasteiger partial charge in [0.25, 0.3) is 0 Å². The SMILES string of the molecule is CCCCOP(C)(=O)C(NC(=O)CC)(C(F)(F)F)C(F)(F)F. The molecule has 1 atom stereocenters. The van der Waals surface area contributed by atoms with Gasteiger partial charge in [0.1, 0.15) is 0 Å². The molecular weight excluding hydrogens is 339 g/mol. The number of carbonyl (C=O) groups is 1. The largest absolute Gasteiger partial charge is 0.430 e. The second-order valence-corrected chi connectivity index (χ2v) is 7.26. The summed E-state index contributed by atoms with van der Waals surface area (Å²) in [4.78, 5) is 11.2. The molecule has 4 nitrogen and oxygen atoms in total. The quantitative estimate of drug-likeness (QED) is 0.425. The number of halogens is 6. The molecule has 1 N–H and O–H groups in total. The summed E-state index contributed by atoms with van der Waals surface area (Å²) < 4.78 is 95.7. The van der Waals surface area contributed by atoms with Crippen molar-refractivity contribution < 1.29 is 40.2 Å². The molecule has 0 aliphatic rings. The first-order chi connectivity index (χ1) is 9.77. The molecule has 132 valence electrons. The Bertz CT molecular complexity index is 421. The first kappa shape index (κ1) is 21.2. The second kappa shape index (κ2) is 7.21. The lowest BCUT2D eigenvalue weighted by molar-refractivity contribution is -0.278. The van der Waals surface area contributed by atoms with Crippen LogP contribution in [-0.4, -0.2) is 36.8 Å². The summed E-state index contributed by atoms with van der Waals surface area (Å²) in [5, 5.41) is -4.07. The highest BCUT2D eigenvalue weighted by Crippen LogP contribution is 2.67. The van der Waals surface area contributed by atoms with Crippen LogP contribution in [0.1, 0.15) is 33.1 Å². The van der Waals surface area contributed by atoms with E-state index in [1.165, 1.54) is 0 Å². The zero-order chi connectivity index (χ0) is 17.8. The van der Waals surface area contributed by atoms with E-state index in [1.807, 2.05) is 0 Å². The average molecular weight is 357 g/mol. The highest BCUT2D eigenvalue weighted by atomic mass is 31.2. The van der Waals surface area contributed by atoms with Crippen LogP contribution in [0, 0.1) is 0 Å². The summed E-state index contributed by atoms with van der Waals surface area (Å²) in [7, 11) is -5.36. The Morgan fingerprint density at radius 3 is 1.86 bits per heavy atom. The van der Waals surface area contributed by atoms with Gasteiger partial charge < -0.3 is 9.84 Å². The average Bonchev–Trinajstić information content (AvgIpc) is 2.32. The Labute approximate surface area is 124 Å². The number of carbonyl (C=O) groups excluding carboxylic acids is 1. The molecule has 0 fully saturated rings. The molecule has 0 heterocycles. The van der Waals surface area contributed by atoms with E-state index in [1.54, 1.807) is 6.92 Å². The van der Waals surface area contributed by atoms with Gasteiger partial charge in [-0.15, -0.1) is 0 Å². The van der Waals surface area contributed by atoms with Crippen LogP contribution in [0.25, 0.3) is 0 Å². The third-order valence-electron chi connectivity index (χ3n) is 2.91. The molecule has 0 saturated heterocycles. The van der Waals surface area contributed by atoms with Crippen molar-refractivity contribution in [2.45, 2.75) is 50.7 Å². The molecule has 1 unspecified atom stereocenters. The first-order valence-electron chi connectivity index (χ1n) is 6.43. The Morgan fingerprint density at radius 1 is 1.09 bits per heavy atom. The lowest BCUT2D eigenvalue weighted by atomic mass is 10.2. The monoisotopic (exact) mass is 357 g/mol. The van der Waals surface area contributed by atoms with Crippen molar-refractivity contribution in [1.82, 2.24) is 5.32 Å². The van der Waals surface area contributed by atoms with Crippen molar-refractivity contribution in [3.63, 3.8) is 0 Å². The number of alkyl halides is 6. The van der Waals surface area contributed by atoms with Gasteiger partial charge in [-0.1, -0.05) is 20.3 Å². The third kappa shape index (κ3) is 4.16. The first-order valence-corrected chi connectivity index (χ1v) is 8.50. The minimum absolute atomic E-state index is 0.130. The van der Waals surface area contributed by atoms with E-state index in [0.29, 0.717) is 6.42 Å². The van der Waals surface area contributed by atoms with Gasteiger partial charge in [-0.3, -0.25) is 9.36 Å². The van der Waals surface area contributed by atoms with Crippen molar-refractivity contribution in [3.05, 3.63) is 0 Å². The van der Waals surface area contributed by atoms with Crippen molar-refractivity contribution in [2.24, 2.45) is 0 Å². The van der Waals surface area contributed by atoms with Crippen LogP contribution in [0.2, 0.25) is 0 Å². The number of nitrogens with one attached hydrogen (secondary N) is 1. The molecule has 0 radical (unpaired) electrons. The van der Waals surface area contributed by atoms with Crippen LogP contribution >= 0.6 is 7.37 Å². The Morgan fingerprint density at radius 2 is 1.55 bits per heavy atom. The molecule has 0 aromatic carbocycles. The van der Waals surface area contributed by atoms with Gasteiger partial charge in [-0.2, -0.15) is 26.3 Å². The Kier molecular flexibility index (Phi) is 6.96. The maximum Gasteiger partial charge on any atom is 0.430 e. The molecule has 0 aromatic rings. The Balaban J connectivity index is 6.05. The van der Waals surface area contributed by atoms with Crippen molar-refractivity contribution in [2.75, 3.05) is 13.3 Å². The summed E-state index contributed by atoms with van der Waals surface area (Å²) >= 11 is 0. The summed E-state index contributed by atoms with van der Waals surface area (Å²) in [5.41, 5.74) is 0. The Hall–Kier alpha value is -0.760. The summed E-state index contributed by atoms with van der Waals surface area (Å²) in [6, 6.07) is 0. The molecule has 1 amide bonds. The molecule has 0 saturated carbocycles. The lowest BCUT2D eigenvalue weighted by Gasteiger charge is -2.41. The molecule has 0 aliphatic carbocycles. The van der Waals surface area contributed by atoms with Gasteiger partial charge in [0.05, 0.1) is 6.61 Å². The molecule has 22 heavy (non-hydrogen) atoms. The zero-order valence-corrected chi connectivity index (χ0v) is 13.2. The van der Waals surface area contributed by atoms with Gasteiger partial charge in [0.2, 0.25) is 13.3 Å². The van der Waals surface area contributed by atoms with Gasteiger partial charge in [-0.05, 0) is 6.42 Å². The number of hydrogen-bond acceptors (Lipinski definition) is 3. The second-order valence-electron chi connectivity index (χ2n) is 4.64. The molecule has 0 aromatic heterocycles. The topological polar surface area (TPSA) is 55.4 Å². The fourth-order valence-corrected chi connectivity index (χ4v) is 3.55. The smallest absolute Gasteiger partial charge is 0.327 e. The molecule has 0 aliphatic heterocycles. The van der Waals surface area contributed by atoms with E-state index in [0.717, 1.165) is 12.2 Å². The van der Waals surface area contributed by atoms with E-state index in [4.69, 9.17) is 0 Å². The fourth-order valence-electron chi connectivity index (χ4n) is 1.63. The highest BCUT2D eigenvalue weighted by Gasteiger charge is 2.80. The predicted octanol–water partition coefficient (Wildman–Crippen LogP) is 4.06. The number of rotatable bonds is 7. The summed E-state index contributed by atoms with van der Waals surface area (Å²) in [5.74, 6) is -1.53. The van der Waals surface area contributed by atoms with Gasteiger partial charge in [-0.25, -0.2) is 0 Å². The summed E-state index contributed by atoms with van der Waals surface area (Å²) in [6.07, 6.45) is -12.2. The van der Waals surface area contributed by atoms with E-state index < -0.39 is 43.9 Å². The summed E-state index contributed by atoms with van der Waals surface area (Å²) in [6.45, 7) is 2.40.